The van der Waals surface area contributed by atoms with Gasteiger partial charge in [-0.1, -0.05) is 13.5 Å². The molecule has 0 bridgehead atoms. The van der Waals surface area contributed by atoms with Gasteiger partial charge < -0.3 is 4.74 Å². The number of hydrogen-bond donors (Lipinski definition) is 0. The average Bonchev–Trinajstić information content (AvgIpc) is 2.14. The maximum Gasteiger partial charge on any atom is 0.522 e. The third kappa shape index (κ3) is 7.28. The summed E-state index contributed by atoms with van der Waals surface area (Å²) < 4.78 is 44.0. The van der Waals surface area contributed by atoms with Crippen LogP contribution in [0.4, 0.5) is 13.2 Å². The second-order valence-electron chi connectivity index (χ2n) is 3.41. The standard InChI is InChI=1S/C10H15F3O3/c1-4-9(14)15-6-5-7(2)8(3)16-10(11,12)13/h4,7-8H,1,5-6H2,2-3H3. The number of alkyl halides is 3. The molecule has 16 heavy (non-hydrogen) atoms. The van der Waals surface area contributed by atoms with E-state index in [-0.39, 0.29) is 12.5 Å². The number of ether oxygens (including phenoxy) is 2. The zero-order valence-corrected chi connectivity index (χ0v) is 9.21. The second kappa shape index (κ2) is 6.52. The lowest BCUT2D eigenvalue weighted by Crippen LogP contribution is -2.27. The molecule has 0 spiro atoms. The Kier molecular flexibility index (Phi) is 6.10. The highest BCUT2D eigenvalue weighted by Gasteiger charge is 2.33. The van der Waals surface area contributed by atoms with Gasteiger partial charge in [-0.15, -0.1) is 13.2 Å². The molecule has 2 unspecified atom stereocenters. The lowest BCUT2D eigenvalue weighted by Gasteiger charge is -2.21. The van der Waals surface area contributed by atoms with Gasteiger partial charge in [0.2, 0.25) is 0 Å². The zero-order valence-electron chi connectivity index (χ0n) is 9.21. The fourth-order valence-corrected chi connectivity index (χ4v) is 0.966. The van der Waals surface area contributed by atoms with Crippen molar-refractivity contribution in [2.24, 2.45) is 5.92 Å². The Balaban J connectivity index is 3.83. The maximum absolute atomic E-state index is 11.9. The summed E-state index contributed by atoms with van der Waals surface area (Å²) in [5.74, 6) is -0.948. The Morgan fingerprint density at radius 3 is 2.44 bits per heavy atom. The van der Waals surface area contributed by atoms with Crippen LogP contribution in [0.3, 0.4) is 0 Å². The summed E-state index contributed by atoms with van der Waals surface area (Å²) in [6.07, 6.45) is -4.30. The van der Waals surface area contributed by atoms with E-state index in [2.05, 4.69) is 16.1 Å². The van der Waals surface area contributed by atoms with Crippen LogP contribution in [0, 0.1) is 5.92 Å². The van der Waals surface area contributed by atoms with Crippen molar-refractivity contribution in [2.75, 3.05) is 6.61 Å². The largest absolute Gasteiger partial charge is 0.522 e. The Hall–Kier alpha value is -1.04. The van der Waals surface area contributed by atoms with Crippen molar-refractivity contribution in [3.05, 3.63) is 12.7 Å². The molecule has 0 aliphatic carbocycles. The highest BCUT2D eigenvalue weighted by Crippen LogP contribution is 2.23. The molecular weight excluding hydrogens is 225 g/mol. The molecule has 0 radical (unpaired) electrons. The second-order valence-corrected chi connectivity index (χ2v) is 3.41. The number of carbonyl (C=O) groups is 1. The van der Waals surface area contributed by atoms with E-state index in [1.807, 2.05) is 0 Å². The minimum Gasteiger partial charge on any atom is -0.463 e. The van der Waals surface area contributed by atoms with Gasteiger partial charge in [0.15, 0.2) is 0 Å². The molecule has 0 aromatic rings. The van der Waals surface area contributed by atoms with Crippen molar-refractivity contribution in [3.63, 3.8) is 0 Å². The molecule has 0 rings (SSSR count). The lowest BCUT2D eigenvalue weighted by atomic mass is 10.0. The highest BCUT2D eigenvalue weighted by molar-refractivity contribution is 5.81. The third-order valence-electron chi connectivity index (χ3n) is 2.11. The van der Waals surface area contributed by atoms with Gasteiger partial charge in [0, 0.05) is 6.08 Å². The van der Waals surface area contributed by atoms with Gasteiger partial charge in [0.25, 0.3) is 0 Å². The number of esters is 1. The van der Waals surface area contributed by atoms with Crippen LogP contribution in [0.2, 0.25) is 0 Å². The third-order valence-corrected chi connectivity index (χ3v) is 2.11. The normalized spacial score (nSPS) is 15.3. The van der Waals surface area contributed by atoms with Gasteiger partial charge in [-0.2, -0.15) is 0 Å². The van der Waals surface area contributed by atoms with Gasteiger partial charge in [0.1, 0.15) is 0 Å². The van der Waals surface area contributed by atoms with E-state index in [0.29, 0.717) is 6.42 Å². The predicted octanol–water partition coefficient (Wildman–Crippen LogP) is 2.67. The summed E-state index contributed by atoms with van der Waals surface area (Å²) in [4.78, 5) is 10.6. The minimum absolute atomic E-state index is 0.0532. The molecule has 0 fully saturated rings. The van der Waals surface area contributed by atoms with E-state index in [1.165, 1.54) is 6.92 Å². The van der Waals surface area contributed by atoms with Crippen LogP contribution in [0.5, 0.6) is 0 Å². The molecular formula is C10H15F3O3. The summed E-state index contributed by atoms with van der Waals surface area (Å²) in [6, 6.07) is 0. The van der Waals surface area contributed by atoms with Crippen molar-refractivity contribution >= 4 is 5.97 Å². The van der Waals surface area contributed by atoms with Crippen LogP contribution in [-0.2, 0) is 14.3 Å². The van der Waals surface area contributed by atoms with Crippen LogP contribution in [0.1, 0.15) is 20.3 Å². The van der Waals surface area contributed by atoms with Crippen molar-refractivity contribution in [1.82, 2.24) is 0 Å². The first-order valence-corrected chi connectivity index (χ1v) is 4.80. The van der Waals surface area contributed by atoms with Crippen LogP contribution in [0.15, 0.2) is 12.7 Å². The zero-order chi connectivity index (χ0) is 12.8. The average molecular weight is 240 g/mol. The SMILES string of the molecule is C=CC(=O)OCCC(C)C(C)OC(F)(F)F. The molecule has 0 N–H and O–H groups in total. The molecule has 6 heteroatoms. The topological polar surface area (TPSA) is 35.5 Å². The molecule has 0 amide bonds. The number of hydrogen-bond acceptors (Lipinski definition) is 3. The molecule has 0 aliphatic heterocycles. The first-order chi connectivity index (χ1) is 7.26. The number of halogens is 3. The lowest BCUT2D eigenvalue weighted by molar-refractivity contribution is -0.345. The van der Waals surface area contributed by atoms with E-state index < -0.39 is 18.4 Å². The van der Waals surface area contributed by atoms with E-state index in [9.17, 15) is 18.0 Å². The van der Waals surface area contributed by atoms with Crippen LogP contribution in [-0.4, -0.2) is 25.0 Å². The Morgan fingerprint density at radius 2 is 2.00 bits per heavy atom. The Morgan fingerprint density at radius 1 is 1.44 bits per heavy atom. The van der Waals surface area contributed by atoms with Crippen molar-refractivity contribution in [3.8, 4) is 0 Å². The van der Waals surface area contributed by atoms with Crippen molar-refractivity contribution in [2.45, 2.75) is 32.7 Å². The fourth-order valence-electron chi connectivity index (χ4n) is 0.966. The Bertz CT molecular complexity index is 238. The highest BCUT2D eigenvalue weighted by atomic mass is 19.4. The first kappa shape index (κ1) is 15.0. The van der Waals surface area contributed by atoms with E-state index in [0.717, 1.165) is 6.08 Å². The quantitative estimate of drug-likeness (QED) is 0.529. The van der Waals surface area contributed by atoms with Crippen LogP contribution in [0.25, 0.3) is 0 Å². The van der Waals surface area contributed by atoms with Crippen LogP contribution < -0.4 is 0 Å². The summed E-state index contributed by atoms with van der Waals surface area (Å²) >= 11 is 0. The molecule has 0 saturated carbocycles. The van der Waals surface area contributed by atoms with Crippen molar-refractivity contribution in [1.29, 1.82) is 0 Å². The van der Waals surface area contributed by atoms with Gasteiger partial charge in [-0.05, 0) is 19.3 Å². The van der Waals surface area contributed by atoms with Gasteiger partial charge in [-0.3, -0.25) is 4.74 Å². The van der Waals surface area contributed by atoms with Gasteiger partial charge in [-0.25, -0.2) is 4.79 Å². The fraction of sp³-hybridized carbons (Fsp3) is 0.700. The first-order valence-electron chi connectivity index (χ1n) is 4.80. The van der Waals surface area contributed by atoms with E-state index in [1.54, 1.807) is 6.92 Å². The minimum atomic E-state index is -4.63. The Labute approximate surface area is 92.2 Å². The monoisotopic (exact) mass is 240 g/mol. The summed E-state index contributed by atoms with van der Waals surface area (Å²) in [5.41, 5.74) is 0. The van der Waals surface area contributed by atoms with Gasteiger partial charge in [0.05, 0.1) is 12.7 Å². The molecule has 94 valence electrons. The molecule has 3 nitrogen and oxygen atoms in total. The molecule has 2 atom stereocenters. The molecule has 0 aromatic heterocycles. The van der Waals surface area contributed by atoms with E-state index >= 15 is 0 Å². The van der Waals surface area contributed by atoms with Gasteiger partial charge >= 0.3 is 12.3 Å². The number of rotatable bonds is 6. The summed E-state index contributed by atoms with van der Waals surface area (Å²) in [7, 11) is 0. The smallest absolute Gasteiger partial charge is 0.463 e. The maximum atomic E-state index is 11.9. The number of carbonyl (C=O) groups excluding carboxylic acids is 1. The molecule has 0 saturated heterocycles. The molecule has 0 aliphatic rings. The molecule has 0 heterocycles. The molecule has 0 aromatic carbocycles. The van der Waals surface area contributed by atoms with Crippen molar-refractivity contribution < 1.29 is 27.4 Å². The summed E-state index contributed by atoms with van der Waals surface area (Å²) in [6.45, 7) is 6.17. The predicted molar refractivity (Wildman–Crippen MR) is 51.5 cm³/mol. The summed E-state index contributed by atoms with van der Waals surface area (Å²) in [5, 5.41) is 0. The van der Waals surface area contributed by atoms with E-state index in [4.69, 9.17) is 0 Å². The van der Waals surface area contributed by atoms with Crippen LogP contribution >= 0.6 is 0 Å².